The molecular formula is C4H9NP+. The Labute approximate surface area is 40.1 Å². The molecule has 0 aromatic rings. The van der Waals surface area contributed by atoms with Crippen LogP contribution in [0, 0.1) is 6.07 Å². The fourth-order valence-electron chi connectivity index (χ4n) is 0.187. The molecular weight excluding hydrogens is 93.0 g/mol. The smallest absolute Gasteiger partial charge is 0.124 e. The number of hydrogen-bond donors (Lipinski definition) is 1. The van der Waals surface area contributed by atoms with Crippen molar-refractivity contribution in [3.8, 4) is 6.07 Å². The highest BCUT2D eigenvalue weighted by Crippen LogP contribution is 2.00. The first-order valence-electron chi connectivity index (χ1n) is 1.96. The summed E-state index contributed by atoms with van der Waals surface area (Å²) in [5.74, 6) is 0. The van der Waals surface area contributed by atoms with Gasteiger partial charge in [-0.1, -0.05) is 0 Å². The Kier molecular flexibility index (Phi) is 4.85. The highest BCUT2D eigenvalue weighted by atomic mass is 31.1. The van der Waals surface area contributed by atoms with E-state index in [0.717, 1.165) is 21.2 Å². The summed E-state index contributed by atoms with van der Waals surface area (Å²) in [6, 6.07) is 2.33. The average molecular weight is 102 g/mol. The third-order valence-corrected chi connectivity index (χ3v) is 1.25. The van der Waals surface area contributed by atoms with Crippen molar-refractivity contribution in [1.29, 1.82) is 0 Å². The molecule has 0 aliphatic heterocycles. The van der Waals surface area contributed by atoms with Gasteiger partial charge < -0.3 is 0 Å². The lowest BCUT2D eigenvalue weighted by Gasteiger charge is -1.75. The Morgan fingerprint density at radius 3 is 2.67 bits per heavy atom. The van der Waals surface area contributed by atoms with Gasteiger partial charge in [-0.2, -0.15) is 0 Å². The van der Waals surface area contributed by atoms with Gasteiger partial charge >= 0.3 is 0 Å². The van der Waals surface area contributed by atoms with Gasteiger partial charge in [-0.25, -0.2) is 0 Å². The van der Waals surface area contributed by atoms with Crippen LogP contribution in [-0.4, -0.2) is 12.8 Å². The van der Waals surface area contributed by atoms with E-state index in [1.165, 1.54) is 0 Å². The summed E-state index contributed by atoms with van der Waals surface area (Å²) >= 11 is 0. The number of nitrogens with one attached hydrogen (secondary N) is 1. The van der Waals surface area contributed by atoms with Gasteiger partial charge in [0.15, 0.2) is 0 Å². The molecule has 0 spiro atoms. The Bertz CT molecular complexity index is 55.1. The quantitative estimate of drug-likeness (QED) is 0.357. The Hall–Kier alpha value is -0.0800. The Balaban J connectivity index is 2.54. The molecule has 0 aromatic heterocycles. The Morgan fingerprint density at radius 2 is 2.50 bits per heavy atom. The van der Waals surface area contributed by atoms with E-state index in [9.17, 15) is 0 Å². The van der Waals surface area contributed by atoms with E-state index in [4.69, 9.17) is 5.26 Å². The fourth-order valence-corrected chi connectivity index (χ4v) is 0.562. The maximum Gasteiger partial charge on any atom is 0.270 e. The number of rotatable bonds is 2. The molecule has 0 bridgehead atoms. The van der Waals surface area contributed by atoms with Crippen LogP contribution in [0.15, 0.2) is 0 Å². The minimum absolute atomic E-state index is 0.842. The zero-order chi connectivity index (χ0) is 4.83. The molecule has 1 nitrogen and oxygen atoms in total. The fraction of sp³-hybridized carbons (Fsp3) is 0.750. The SMILES string of the molecule is CPCCC#[NH+]. The van der Waals surface area contributed by atoms with Crippen LogP contribution in [0.1, 0.15) is 6.42 Å². The van der Waals surface area contributed by atoms with E-state index in [2.05, 4.69) is 12.7 Å². The van der Waals surface area contributed by atoms with Gasteiger partial charge in [0.25, 0.3) is 6.07 Å². The molecule has 0 radical (unpaired) electrons. The predicted molar refractivity (Wildman–Crippen MR) is 28.6 cm³/mol. The van der Waals surface area contributed by atoms with Gasteiger partial charge in [-0.3, -0.25) is 0 Å². The van der Waals surface area contributed by atoms with Gasteiger partial charge in [-0.05, 0) is 12.8 Å². The van der Waals surface area contributed by atoms with E-state index in [0.29, 0.717) is 0 Å². The van der Waals surface area contributed by atoms with Crippen LogP contribution in [0.25, 0.3) is 0 Å². The maximum atomic E-state index is 6.46. The van der Waals surface area contributed by atoms with E-state index in [1.54, 1.807) is 0 Å². The van der Waals surface area contributed by atoms with Crippen molar-refractivity contribution >= 4 is 8.58 Å². The van der Waals surface area contributed by atoms with Gasteiger partial charge in [0.1, 0.15) is 0 Å². The van der Waals surface area contributed by atoms with Crippen LogP contribution in [0.2, 0.25) is 0 Å². The lowest BCUT2D eigenvalue weighted by Crippen LogP contribution is -2.16. The third kappa shape index (κ3) is 3.92. The maximum absolute atomic E-state index is 6.46. The van der Waals surface area contributed by atoms with Crippen LogP contribution in [-0.2, 0) is 0 Å². The molecule has 0 aliphatic rings. The van der Waals surface area contributed by atoms with Crippen molar-refractivity contribution in [2.75, 3.05) is 12.8 Å². The molecule has 34 valence electrons. The molecule has 0 heterocycles. The summed E-state index contributed by atoms with van der Waals surface area (Å²) in [5, 5.41) is 6.46. The van der Waals surface area contributed by atoms with Gasteiger partial charge in [0.05, 0.1) is 6.42 Å². The van der Waals surface area contributed by atoms with E-state index < -0.39 is 0 Å². The van der Waals surface area contributed by atoms with Crippen LogP contribution in [0.5, 0.6) is 0 Å². The molecule has 6 heavy (non-hydrogen) atoms. The molecule has 0 fully saturated rings. The zero-order valence-electron chi connectivity index (χ0n) is 3.91. The monoisotopic (exact) mass is 102 g/mol. The molecule has 0 aromatic carbocycles. The predicted octanol–water partition coefficient (Wildman–Crippen LogP) is -0.543. The molecule has 2 heteroatoms. The lowest BCUT2D eigenvalue weighted by atomic mass is 10.6. The van der Waals surface area contributed by atoms with Crippen LogP contribution < -0.4 is 5.26 Å². The molecule has 0 amide bonds. The second kappa shape index (κ2) is 4.92. The minimum Gasteiger partial charge on any atom is -0.124 e. The first-order chi connectivity index (χ1) is 2.91. The van der Waals surface area contributed by atoms with E-state index in [-0.39, 0.29) is 0 Å². The van der Waals surface area contributed by atoms with E-state index >= 15 is 0 Å². The third-order valence-electron chi connectivity index (χ3n) is 0.500. The normalized spacial score (nSPS) is 9.33. The van der Waals surface area contributed by atoms with Crippen LogP contribution >= 0.6 is 8.58 Å². The molecule has 1 N–H and O–H groups in total. The largest absolute Gasteiger partial charge is 0.270 e. The second-order valence-corrected chi connectivity index (χ2v) is 2.24. The summed E-state index contributed by atoms with van der Waals surface area (Å²) in [4.78, 5) is 0. The minimum atomic E-state index is 0.842. The molecule has 0 aliphatic carbocycles. The second-order valence-electron chi connectivity index (χ2n) is 1.03. The summed E-state index contributed by atoms with van der Waals surface area (Å²) in [6.07, 6.45) is 1.98. The summed E-state index contributed by atoms with van der Waals surface area (Å²) in [5.41, 5.74) is 0. The molecule has 0 saturated carbocycles. The highest BCUT2D eigenvalue weighted by Gasteiger charge is 1.78. The molecule has 1 atom stereocenters. The standard InChI is InChI=1S/C4H8NP/c1-6-4-2-3-5/h6H,2,4H2,1H3/p+1. The van der Waals surface area contributed by atoms with Crippen molar-refractivity contribution in [3.05, 3.63) is 0 Å². The van der Waals surface area contributed by atoms with Crippen molar-refractivity contribution in [2.24, 2.45) is 0 Å². The Morgan fingerprint density at radius 1 is 1.83 bits per heavy atom. The van der Waals surface area contributed by atoms with Crippen LogP contribution in [0.3, 0.4) is 0 Å². The van der Waals surface area contributed by atoms with Gasteiger partial charge in [0.2, 0.25) is 0 Å². The van der Waals surface area contributed by atoms with Crippen molar-refractivity contribution in [2.45, 2.75) is 6.42 Å². The number of hydrogen-bond acceptors (Lipinski definition) is 0. The molecule has 0 rings (SSSR count). The molecule has 0 saturated heterocycles. The first-order valence-corrected chi connectivity index (χ1v) is 3.66. The topological polar surface area (TPSA) is 23.8 Å². The van der Waals surface area contributed by atoms with Crippen LogP contribution in [0.4, 0.5) is 0 Å². The molecule has 1 unspecified atom stereocenters. The average Bonchev–Trinajstić information content (AvgIpc) is 1.61. The highest BCUT2D eigenvalue weighted by molar-refractivity contribution is 7.36. The summed E-state index contributed by atoms with van der Waals surface area (Å²) < 4.78 is 0. The van der Waals surface area contributed by atoms with Gasteiger partial charge in [0, 0.05) is 0 Å². The lowest BCUT2D eigenvalue weighted by molar-refractivity contribution is -0.0942. The summed E-state index contributed by atoms with van der Waals surface area (Å²) in [7, 11) is 0.982. The van der Waals surface area contributed by atoms with Crippen molar-refractivity contribution in [1.82, 2.24) is 0 Å². The zero-order valence-corrected chi connectivity index (χ0v) is 4.91. The van der Waals surface area contributed by atoms with Crippen molar-refractivity contribution in [3.63, 3.8) is 0 Å². The first kappa shape index (κ1) is 5.92. The van der Waals surface area contributed by atoms with Crippen molar-refractivity contribution < 1.29 is 5.26 Å². The van der Waals surface area contributed by atoms with E-state index in [1.807, 2.05) is 0 Å². The summed E-state index contributed by atoms with van der Waals surface area (Å²) in [6.45, 7) is 2.14. The van der Waals surface area contributed by atoms with Gasteiger partial charge in [-0.15, -0.1) is 13.8 Å².